The molecule has 4 N–H and O–H groups in total. The molecule has 7 heteroatoms. The van der Waals surface area contributed by atoms with E-state index in [1.807, 2.05) is 0 Å². The fourth-order valence-corrected chi connectivity index (χ4v) is 4.32. The largest absolute Gasteiger partial charge is 0.480 e. The number of aliphatic hydroxyl groups excluding tert-OH is 1. The minimum absolute atomic E-state index is 0.0110. The Morgan fingerprint density at radius 3 is 1.88 bits per heavy atom. The molecule has 1 unspecified atom stereocenters. The maximum absolute atomic E-state index is 10.6. The summed E-state index contributed by atoms with van der Waals surface area (Å²) in [6, 6.07) is 0.878. The van der Waals surface area contributed by atoms with Crippen LogP contribution in [0.4, 0.5) is 0 Å². The molecule has 2 aliphatic carbocycles. The van der Waals surface area contributed by atoms with Crippen molar-refractivity contribution in [1.82, 2.24) is 10.6 Å². The van der Waals surface area contributed by atoms with Gasteiger partial charge in [0.1, 0.15) is 6.04 Å². The predicted molar refractivity (Wildman–Crippen MR) is 107 cm³/mol. The first-order chi connectivity index (χ1) is 12.5. The lowest BCUT2D eigenvalue weighted by Crippen LogP contribution is -2.41. The number of aliphatic hydroxyl groups is 1. The molecule has 2 rings (SSSR count). The average molecular weight is 389 g/mol. The third-order valence-corrected chi connectivity index (χ3v) is 5.92. The molecule has 1 atom stereocenters. The van der Waals surface area contributed by atoms with Crippen molar-refractivity contribution in [3.63, 3.8) is 0 Å². The number of hydrogen-bond donors (Lipinski definition) is 4. The number of carboxylic acids is 1. The SMILES string of the molecule is C1CCC(NC2CCCCC2)CC1.CC(=O)NC(CSCCO)C(=O)O. The van der Waals surface area contributed by atoms with Gasteiger partial charge in [0.05, 0.1) is 6.61 Å². The minimum Gasteiger partial charge on any atom is -0.480 e. The highest BCUT2D eigenvalue weighted by molar-refractivity contribution is 7.99. The average Bonchev–Trinajstić information content (AvgIpc) is 2.63. The van der Waals surface area contributed by atoms with Crippen molar-refractivity contribution in [2.45, 2.75) is 89.3 Å². The first-order valence-electron chi connectivity index (χ1n) is 9.97. The van der Waals surface area contributed by atoms with Gasteiger partial charge >= 0.3 is 5.97 Å². The van der Waals surface area contributed by atoms with Crippen molar-refractivity contribution in [1.29, 1.82) is 0 Å². The summed E-state index contributed by atoms with van der Waals surface area (Å²) < 4.78 is 0. The molecule has 0 aliphatic heterocycles. The quantitative estimate of drug-likeness (QED) is 0.477. The molecule has 2 aliphatic rings. The lowest BCUT2D eigenvalue weighted by molar-refractivity contribution is -0.140. The van der Waals surface area contributed by atoms with E-state index in [9.17, 15) is 9.59 Å². The van der Waals surface area contributed by atoms with Crippen LogP contribution in [0.2, 0.25) is 0 Å². The zero-order valence-corrected chi connectivity index (χ0v) is 16.9. The smallest absolute Gasteiger partial charge is 0.327 e. The number of amides is 1. The first-order valence-corrected chi connectivity index (χ1v) is 11.1. The van der Waals surface area contributed by atoms with Gasteiger partial charge < -0.3 is 20.8 Å². The van der Waals surface area contributed by atoms with Gasteiger partial charge in [0.15, 0.2) is 0 Å². The van der Waals surface area contributed by atoms with Crippen molar-refractivity contribution in [2.75, 3.05) is 18.1 Å². The maximum atomic E-state index is 10.6. The van der Waals surface area contributed by atoms with E-state index in [1.54, 1.807) is 0 Å². The summed E-state index contributed by atoms with van der Waals surface area (Å²) in [7, 11) is 0. The second-order valence-electron chi connectivity index (χ2n) is 7.23. The lowest BCUT2D eigenvalue weighted by Gasteiger charge is -2.30. The minimum atomic E-state index is -1.05. The molecule has 0 aromatic heterocycles. The molecular weight excluding hydrogens is 352 g/mol. The summed E-state index contributed by atoms with van der Waals surface area (Å²) >= 11 is 1.29. The number of aliphatic carboxylic acids is 1. The van der Waals surface area contributed by atoms with Crippen molar-refractivity contribution in [3.05, 3.63) is 0 Å². The Labute approximate surface area is 161 Å². The number of thioether (sulfide) groups is 1. The van der Waals surface area contributed by atoms with E-state index < -0.39 is 12.0 Å². The summed E-state index contributed by atoms with van der Waals surface area (Å²) in [4.78, 5) is 21.1. The lowest BCUT2D eigenvalue weighted by atomic mass is 9.91. The molecule has 0 aromatic rings. The number of carbonyl (C=O) groups excluding carboxylic acids is 1. The van der Waals surface area contributed by atoms with Gasteiger partial charge in [-0.25, -0.2) is 4.79 Å². The van der Waals surface area contributed by atoms with Gasteiger partial charge in [-0.2, -0.15) is 11.8 Å². The number of nitrogens with one attached hydrogen (secondary N) is 2. The third kappa shape index (κ3) is 11.0. The van der Waals surface area contributed by atoms with Crippen LogP contribution < -0.4 is 10.6 Å². The van der Waals surface area contributed by atoms with E-state index in [0.29, 0.717) is 5.75 Å². The van der Waals surface area contributed by atoms with Crippen molar-refractivity contribution in [3.8, 4) is 0 Å². The van der Waals surface area contributed by atoms with Gasteiger partial charge in [0.25, 0.3) is 0 Å². The Morgan fingerprint density at radius 1 is 1.00 bits per heavy atom. The molecule has 0 heterocycles. The highest BCUT2D eigenvalue weighted by Gasteiger charge is 2.19. The number of rotatable bonds is 8. The van der Waals surface area contributed by atoms with Crippen LogP contribution in [0.1, 0.15) is 71.1 Å². The Hall–Kier alpha value is -0.790. The molecule has 2 saturated carbocycles. The van der Waals surface area contributed by atoms with Crippen molar-refractivity contribution < 1.29 is 19.8 Å². The molecule has 0 bridgehead atoms. The van der Waals surface area contributed by atoms with Crippen LogP contribution in [-0.4, -0.2) is 58.3 Å². The maximum Gasteiger partial charge on any atom is 0.327 e. The van der Waals surface area contributed by atoms with Gasteiger partial charge in [0.2, 0.25) is 5.91 Å². The fraction of sp³-hybridized carbons (Fsp3) is 0.895. The highest BCUT2D eigenvalue weighted by atomic mass is 32.2. The number of carboxylic acid groups (broad SMARTS) is 1. The van der Waals surface area contributed by atoms with E-state index in [2.05, 4.69) is 10.6 Å². The summed E-state index contributed by atoms with van der Waals surface area (Å²) in [5.74, 6) is -0.670. The first kappa shape index (κ1) is 23.2. The van der Waals surface area contributed by atoms with Crippen LogP contribution >= 0.6 is 11.8 Å². The molecule has 0 radical (unpaired) electrons. The molecule has 2 fully saturated rings. The van der Waals surface area contributed by atoms with Gasteiger partial charge in [-0.3, -0.25) is 4.79 Å². The Balaban J connectivity index is 0.000000260. The van der Waals surface area contributed by atoms with Gasteiger partial charge in [-0.1, -0.05) is 38.5 Å². The Morgan fingerprint density at radius 2 is 1.50 bits per heavy atom. The number of carbonyl (C=O) groups is 2. The van der Waals surface area contributed by atoms with E-state index in [4.69, 9.17) is 10.2 Å². The fourth-order valence-electron chi connectivity index (χ4n) is 3.56. The zero-order chi connectivity index (χ0) is 19.2. The molecule has 6 nitrogen and oxygen atoms in total. The summed E-state index contributed by atoms with van der Waals surface area (Å²) in [5, 5.41) is 23.2. The highest BCUT2D eigenvalue weighted by Crippen LogP contribution is 2.22. The van der Waals surface area contributed by atoms with Crippen LogP contribution in [0.25, 0.3) is 0 Å². The summed E-state index contributed by atoms with van der Waals surface area (Å²) in [6.07, 6.45) is 14.6. The third-order valence-electron chi connectivity index (χ3n) is 4.88. The summed E-state index contributed by atoms with van der Waals surface area (Å²) in [6.45, 7) is 1.28. The van der Waals surface area contributed by atoms with Gasteiger partial charge in [0, 0.05) is 30.5 Å². The van der Waals surface area contributed by atoms with Gasteiger partial charge in [-0.15, -0.1) is 0 Å². The van der Waals surface area contributed by atoms with Crippen LogP contribution in [0.15, 0.2) is 0 Å². The van der Waals surface area contributed by atoms with Crippen LogP contribution in [0, 0.1) is 0 Å². The molecule has 1 amide bonds. The van der Waals surface area contributed by atoms with Crippen molar-refractivity contribution >= 4 is 23.6 Å². The molecule has 0 spiro atoms. The molecular formula is C19H36N2O4S. The molecule has 152 valence electrons. The van der Waals surface area contributed by atoms with Crippen LogP contribution in [-0.2, 0) is 9.59 Å². The van der Waals surface area contributed by atoms with Crippen molar-refractivity contribution in [2.24, 2.45) is 0 Å². The molecule has 0 saturated heterocycles. The van der Waals surface area contributed by atoms with Gasteiger partial charge in [-0.05, 0) is 25.7 Å². The normalized spacial score (nSPS) is 19.9. The standard InChI is InChI=1S/C12H23N.C7H13NO4S/c1-3-7-11(8-4-1)13-12-9-5-2-6-10-12;1-5(10)8-6(7(11)12)4-13-3-2-9/h11-13H,1-10H2;6,9H,2-4H2,1H3,(H,8,10)(H,11,12). The van der Waals surface area contributed by atoms with Crippen LogP contribution in [0.3, 0.4) is 0 Å². The van der Waals surface area contributed by atoms with E-state index in [0.717, 1.165) is 12.1 Å². The second-order valence-corrected chi connectivity index (χ2v) is 8.38. The van der Waals surface area contributed by atoms with E-state index >= 15 is 0 Å². The molecule has 26 heavy (non-hydrogen) atoms. The zero-order valence-electron chi connectivity index (χ0n) is 16.0. The second kappa shape index (κ2) is 14.3. The Kier molecular flexibility index (Phi) is 12.8. The van der Waals surface area contributed by atoms with E-state index in [1.165, 1.54) is 82.9 Å². The monoisotopic (exact) mass is 388 g/mol. The Bertz CT molecular complexity index is 381. The van der Waals surface area contributed by atoms with Crippen LogP contribution in [0.5, 0.6) is 0 Å². The van der Waals surface area contributed by atoms with E-state index in [-0.39, 0.29) is 18.3 Å². The summed E-state index contributed by atoms with van der Waals surface area (Å²) in [5.41, 5.74) is 0. The topological polar surface area (TPSA) is 98.7 Å². The molecule has 0 aromatic carbocycles. The number of hydrogen-bond acceptors (Lipinski definition) is 5. The predicted octanol–water partition coefficient (Wildman–Crippen LogP) is 2.54.